The molecule has 0 saturated carbocycles. The van der Waals surface area contributed by atoms with Gasteiger partial charge in [-0.3, -0.25) is 4.90 Å². The molecule has 1 aromatic heterocycles. The normalized spacial score (nSPS) is 19.4. The zero-order valence-corrected chi connectivity index (χ0v) is 16.1. The second kappa shape index (κ2) is 7.78. The van der Waals surface area contributed by atoms with Gasteiger partial charge in [0.15, 0.2) is 11.5 Å². The van der Waals surface area contributed by atoms with Crippen molar-refractivity contribution in [2.24, 2.45) is 0 Å². The van der Waals surface area contributed by atoms with E-state index in [4.69, 9.17) is 28.3 Å². The number of rotatable bonds is 6. The van der Waals surface area contributed by atoms with Gasteiger partial charge >= 0.3 is 0 Å². The van der Waals surface area contributed by atoms with Gasteiger partial charge in [-0.25, -0.2) is 4.98 Å². The van der Waals surface area contributed by atoms with Crippen LogP contribution in [0.15, 0.2) is 16.5 Å². The van der Waals surface area contributed by atoms with Crippen molar-refractivity contribution in [2.45, 2.75) is 38.8 Å². The predicted molar refractivity (Wildman–Crippen MR) is 99.3 cm³/mol. The maximum absolute atomic E-state index is 5.98. The largest absolute Gasteiger partial charge is 0.493 e. The van der Waals surface area contributed by atoms with Crippen LogP contribution in [0.1, 0.15) is 30.7 Å². The summed E-state index contributed by atoms with van der Waals surface area (Å²) in [5, 5.41) is 0. The number of aryl methyl sites for hydroxylation is 1. The summed E-state index contributed by atoms with van der Waals surface area (Å²) in [7, 11) is 3.37. The van der Waals surface area contributed by atoms with Crippen LogP contribution in [0.2, 0.25) is 0 Å². The summed E-state index contributed by atoms with van der Waals surface area (Å²) in [6.45, 7) is 4.74. The van der Waals surface area contributed by atoms with Gasteiger partial charge in [-0.1, -0.05) is 6.42 Å². The first-order valence-electron chi connectivity index (χ1n) is 9.37. The van der Waals surface area contributed by atoms with Gasteiger partial charge in [0.2, 0.25) is 18.4 Å². The zero-order valence-electron chi connectivity index (χ0n) is 16.1. The number of piperidine rings is 1. The monoisotopic (exact) mass is 374 g/mol. The number of benzene rings is 1. The van der Waals surface area contributed by atoms with Crippen molar-refractivity contribution in [3.63, 3.8) is 0 Å². The molecule has 7 nitrogen and oxygen atoms in total. The van der Waals surface area contributed by atoms with Crippen molar-refractivity contribution < 1.29 is 23.4 Å². The Bertz CT molecular complexity index is 802. The number of ether oxygens (including phenoxy) is 4. The van der Waals surface area contributed by atoms with E-state index in [-0.39, 0.29) is 6.79 Å². The topological polar surface area (TPSA) is 66.2 Å². The fourth-order valence-electron chi connectivity index (χ4n) is 3.79. The lowest BCUT2D eigenvalue weighted by molar-refractivity contribution is 0.0590. The van der Waals surface area contributed by atoms with Crippen LogP contribution in [0.4, 0.5) is 0 Å². The van der Waals surface area contributed by atoms with Crippen LogP contribution in [0.5, 0.6) is 17.2 Å². The number of likely N-dealkylation sites (tertiary alicyclic amines) is 1. The third-order valence-electron chi connectivity index (χ3n) is 5.26. The van der Waals surface area contributed by atoms with Crippen LogP contribution in [0, 0.1) is 6.92 Å². The molecule has 1 fully saturated rings. The maximum atomic E-state index is 5.98. The molecule has 0 N–H and O–H groups in total. The van der Waals surface area contributed by atoms with Crippen LogP contribution in [-0.2, 0) is 11.3 Å². The Balaban J connectivity index is 1.58. The average molecular weight is 374 g/mol. The maximum Gasteiger partial charge on any atom is 0.231 e. The van der Waals surface area contributed by atoms with Gasteiger partial charge in [0.25, 0.3) is 0 Å². The van der Waals surface area contributed by atoms with Crippen molar-refractivity contribution in [1.29, 1.82) is 0 Å². The zero-order chi connectivity index (χ0) is 18.8. The summed E-state index contributed by atoms with van der Waals surface area (Å²) < 4.78 is 27.8. The van der Waals surface area contributed by atoms with E-state index < -0.39 is 0 Å². The molecule has 7 heteroatoms. The van der Waals surface area contributed by atoms with Crippen LogP contribution >= 0.6 is 0 Å². The van der Waals surface area contributed by atoms with Crippen LogP contribution < -0.4 is 14.2 Å². The Hall–Kier alpha value is -2.25. The smallest absolute Gasteiger partial charge is 0.231 e. The lowest BCUT2D eigenvalue weighted by Crippen LogP contribution is -2.41. The lowest BCUT2D eigenvalue weighted by atomic mass is 10.0. The molecule has 27 heavy (non-hydrogen) atoms. The highest BCUT2D eigenvalue weighted by atomic mass is 16.7. The molecule has 0 radical (unpaired) electrons. The van der Waals surface area contributed by atoms with E-state index in [0.717, 1.165) is 43.1 Å². The van der Waals surface area contributed by atoms with Crippen molar-refractivity contribution in [3.05, 3.63) is 23.6 Å². The molecule has 3 heterocycles. The number of hydrogen-bond donors (Lipinski definition) is 0. The van der Waals surface area contributed by atoms with Crippen LogP contribution in [-0.4, -0.2) is 50.1 Å². The number of hydrogen-bond acceptors (Lipinski definition) is 7. The second-order valence-electron chi connectivity index (χ2n) is 7.01. The van der Waals surface area contributed by atoms with Gasteiger partial charge in [-0.2, -0.15) is 0 Å². The Kier molecular flexibility index (Phi) is 5.22. The van der Waals surface area contributed by atoms with Gasteiger partial charge in [-0.05, 0) is 38.4 Å². The standard InChI is InChI=1S/C20H26N2O5/c1-13-16(10-22-7-5-4-6-15(22)11-23-2)21-20(27-13)14-8-17(24-3)19-18(9-14)25-12-26-19/h8-9,15H,4-7,10-12H2,1-3H3/t15-/m0/s1. The van der Waals surface area contributed by atoms with E-state index in [1.807, 2.05) is 19.1 Å². The van der Waals surface area contributed by atoms with Crippen molar-refractivity contribution in [1.82, 2.24) is 9.88 Å². The van der Waals surface area contributed by atoms with Crippen LogP contribution in [0.25, 0.3) is 11.5 Å². The van der Waals surface area contributed by atoms with Gasteiger partial charge in [0.1, 0.15) is 5.76 Å². The van der Waals surface area contributed by atoms with Gasteiger partial charge in [-0.15, -0.1) is 0 Å². The minimum atomic E-state index is 0.195. The Morgan fingerprint density at radius 2 is 2.11 bits per heavy atom. The van der Waals surface area contributed by atoms with E-state index in [9.17, 15) is 0 Å². The fourth-order valence-corrected chi connectivity index (χ4v) is 3.79. The molecule has 0 spiro atoms. The molecule has 4 rings (SSSR count). The van der Waals surface area contributed by atoms with E-state index in [1.165, 1.54) is 12.8 Å². The summed E-state index contributed by atoms with van der Waals surface area (Å²) in [5.41, 5.74) is 1.78. The third-order valence-corrected chi connectivity index (χ3v) is 5.26. The molecule has 0 amide bonds. The number of methoxy groups -OCH3 is 2. The molecule has 146 valence electrons. The number of aromatic nitrogens is 1. The SMILES string of the molecule is COC[C@@H]1CCCCN1Cc1nc(-c2cc(OC)c3c(c2)OCO3)oc1C. The van der Waals surface area contributed by atoms with Gasteiger partial charge in [0, 0.05) is 25.3 Å². The number of fused-ring (bicyclic) bond motifs is 1. The molecule has 2 aliphatic heterocycles. The van der Waals surface area contributed by atoms with Crippen molar-refractivity contribution >= 4 is 0 Å². The summed E-state index contributed by atoms with van der Waals surface area (Å²) >= 11 is 0. The Morgan fingerprint density at radius 3 is 2.93 bits per heavy atom. The molecule has 0 bridgehead atoms. The van der Waals surface area contributed by atoms with E-state index in [0.29, 0.717) is 29.2 Å². The van der Waals surface area contributed by atoms with Crippen molar-refractivity contribution in [3.8, 4) is 28.7 Å². The molecule has 1 aromatic carbocycles. The summed E-state index contributed by atoms with van der Waals surface area (Å²) in [6.07, 6.45) is 3.63. The first kappa shape index (κ1) is 18.1. The molecule has 0 aliphatic carbocycles. The predicted octanol–water partition coefficient (Wildman–Crippen LogP) is 3.39. The fraction of sp³-hybridized carbons (Fsp3) is 0.550. The number of oxazole rings is 1. The van der Waals surface area contributed by atoms with Gasteiger partial charge in [0.05, 0.1) is 19.4 Å². The Morgan fingerprint density at radius 1 is 1.22 bits per heavy atom. The molecule has 2 aromatic rings. The molecule has 1 saturated heterocycles. The molecule has 1 atom stereocenters. The second-order valence-corrected chi connectivity index (χ2v) is 7.01. The van der Waals surface area contributed by atoms with Crippen molar-refractivity contribution in [2.75, 3.05) is 34.2 Å². The van der Waals surface area contributed by atoms with E-state index in [1.54, 1.807) is 14.2 Å². The van der Waals surface area contributed by atoms with Crippen LogP contribution in [0.3, 0.4) is 0 Å². The highest BCUT2D eigenvalue weighted by Gasteiger charge is 2.26. The summed E-state index contributed by atoms with van der Waals surface area (Å²) in [6, 6.07) is 4.19. The van der Waals surface area contributed by atoms with E-state index >= 15 is 0 Å². The number of nitrogens with zero attached hydrogens (tertiary/aromatic N) is 2. The average Bonchev–Trinajstić information content (AvgIpc) is 3.29. The lowest BCUT2D eigenvalue weighted by Gasteiger charge is -2.34. The highest BCUT2D eigenvalue weighted by Crippen LogP contribution is 2.44. The van der Waals surface area contributed by atoms with E-state index in [2.05, 4.69) is 4.90 Å². The summed E-state index contributed by atoms with van der Waals surface area (Å²) in [4.78, 5) is 7.21. The van der Waals surface area contributed by atoms with Gasteiger partial charge < -0.3 is 23.4 Å². The Labute approximate surface area is 159 Å². The summed E-state index contributed by atoms with van der Waals surface area (Å²) in [5.74, 6) is 3.30. The molecule has 0 unspecified atom stereocenters. The quantitative estimate of drug-likeness (QED) is 0.768. The molecule has 2 aliphatic rings. The minimum absolute atomic E-state index is 0.195. The first-order chi connectivity index (χ1) is 13.2. The minimum Gasteiger partial charge on any atom is -0.493 e. The molecular formula is C20H26N2O5. The highest BCUT2D eigenvalue weighted by molar-refractivity contribution is 5.66. The first-order valence-corrected chi connectivity index (χ1v) is 9.37. The third kappa shape index (κ3) is 3.61. The molecular weight excluding hydrogens is 348 g/mol.